The van der Waals surface area contributed by atoms with Gasteiger partial charge in [0.15, 0.2) is 0 Å². The normalized spacial score (nSPS) is 13.6. The van der Waals surface area contributed by atoms with E-state index in [9.17, 15) is 0 Å². The third-order valence-corrected chi connectivity index (χ3v) is 7.72. The summed E-state index contributed by atoms with van der Waals surface area (Å²) >= 11 is 0. The Kier molecular flexibility index (Phi) is 5.81. The monoisotopic (exact) mass is 490 g/mol. The highest BCUT2D eigenvalue weighted by molar-refractivity contribution is 6.10. The third kappa shape index (κ3) is 4.14. The molecule has 0 saturated carbocycles. The maximum atomic E-state index is 8.60. The van der Waals surface area contributed by atoms with Gasteiger partial charge in [0.1, 0.15) is 0 Å². The molecule has 5 aromatic carbocycles. The van der Waals surface area contributed by atoms with Gasteiger partial charge in [0.2, 0.25) is 0 Å². The number of fused-ring (bicyclic) bond motifs is 3. The van der Waals surface area contributed by atoms with Crippen LogP contribution in [0.1, 0.15) is 36.1 Å². The molecule has 5 aromatic rings. The van der Waals surface area contributed by atoms with Gasteiger partial charge in [-0.2, -0.15) is 0 Å². The van der Waals surface area contributed by atoms with Gasteiger partial charge in [-0.25, -0.2) is 0 Å². The van der Waals surface area contributed by atoms with Crippen molar-refractivity contribution in [3.8, 4) is 33.4 Å². The van der Waals surface area contributed by atoms with Crippen molar-refractivity contribution >= 4 is 11.4 Å². The van der Waals surface area contributed by atoms with Crippen LogP contribution >= 0.6 is 0 Å². The molecule has 1 aliphatic carbocycles. The highest BCUT2D eigenvalue weighted by Crippen LogP contribution is 2.49. The van der Waals surface area contributed by atoms with Crippen molar-refractivity contribution in [2.24, 2.45) is 5.73 Å². The average molecular weight is 491 g/mol. The zero-order valence-electron chi connectivity index (χ0n) is 21.7. The van der Waals surface area contributed by atoms with Crippen molar-refractivity contribution in [2.45, 2.75) is 19.3 Å². The summed E-state index contributed by atoms with van der Waals surface area (Å²) in [7, 11) is 0. The van der Waals surface area contributed by atoms with Crippen molar-refractivity contribution in [3.05, 3.63) is 150 Å². The van der Waals surface area contributed by atoms with Gasteiger partial charge in [-0.05, 0) is 68.3 Å². The highest BCUT2D eigenvalue weighted by atomic mass is 14.6. The number of nitrogens with two attached hydrogens (primary N) is 1. The van der Waals surface area contributed by atoms with E-state index < -0.39 is 0 Å². The molecule has 38 heavy (non-hydrogen) atoms. The van der Waals surface area contributed by atoms with Crippen LogP contribution in [0, 0.1) is 5.41 Å². The van der Waals surface area contributed by atoms with Gasteiger partial charge in [-0.1, -0.05) is 123 Å². The summed E-state index contributed by atoms with van der Waals surface area (Å²) in [5, 5.41) is 8.60. The fraction of sp³-hybridized carbons (Fsp3) is 0.0833. The van der Waals surface area contributed by atoms with E-state index in [1.165, 1.54) is 33.4 Å². The van der Waals surface area contributed by atoms with Crippen molar-refractivity contribution in [3.63, 3.8) is 0 Å². The van der Waals surface area contributed by atoms with Gasteiger partial charge in [0, 0.05) is 16.7 Å². The number of rotatable bonds is 5. The second-order valence-electron chi connectivity index (χ2n) is 10.5. The number of hydrogen-bond donors (Lipinski definition) is 2. The second kappa shape index (κ2) is 9.32. The molecule has 0 spiro atoms. The maximum Gasteiger partial charge on any atom is 0.0633 e. The lowest BCUT2D eigenvalue weighted by Crippen LogP contribution is -2.14. The summed E-state index contributed by atoms with van der Waals surface area (Å²) < 4.78 is 0. The van der Waals surface area contributed by atoms with Gasteiger partial charge < -0.3 is 11.1 Å². The van der Waals surface area contributed by atoms with Crippen LogP contribution < -0.4 is 5.73 Å². The van der Waals surface area contributed by atoms with Crippen LogP contribution in [-0.4, -0.2) is 5.71 Å². The first-order valence-electron chi connectivity index (χ1n) is 13.0. The standard InChI is InChI=1S/C36H30N2/c1-36(2)32-14-7-6-13-30(32)31-22-28(19-20-33(31)36)25-17-15-24(16-18-25)27-11-8-12-29(21-27)35(38)23-34(37)26-9-4-3-5-10-26/h3-23,38H,37H2,1-2H3/b34-23-,38-35?. The van der Waals surface area contributed by atoms with Crippen LogP contribution in [0.4, 0.5) is 0 Å². The van der Waals surface area contributed by atoms with E-state index in [1.54, 1.807) is 6.08 Å². The van der Waals surface area contributed by atoms with Crippen LogP contribution in [0.15, 0.2) is 127 Å². The Morgan fingerprint density at radius 3 is 1.89 bits per heavy atom. The minimum atomic E-state index is 0.0218. The topological polar surface area (TPSA) is 49.9 Å². The first kappa shape index (κ1) is 23.7. The summed E-state index contributed by atoms with van der Waals surface area (Å²) in [5.74, 6) is 0. The molecule has 0 radical (unpaired) electrons. The molecular formula is C36H30N2. The van der Waals surface area contributed by atoms with Crippen LogP contribution in [-0.2, 0) is 5.41 Å². The Bertz CT molecular complexity index is 1690. The molecule has 0 bridgehead atoms. The summed E-state index contributed by atoms with van der Waals surface area (Å²) in [5.41, 5.74) is 19.1. The zero-order chi connectivity index (χ0) is 26.3. The largest absolute Gasteiger partial charge is 0.398 e. The maximum absolute atomic E-state index is 8.60. The lowest BCUT2D eigenvalue weighted by Gasteiger charge is -2.21. The van der Waals surface area contributed by atoms with Crippen molar-refractivity contribution in [1.82, 2.24) is 0 Å². The summed E-state index contributed by atoms with van der Waals surface area (Å²) in [6, 6.07) is 42.2. The third-order valence-electron chi connectivity index (χ3n) is 7.72. The molecule has 0 aromatic heterocycles. The Hall–Kier alpha value is -4.69. The highest BCUT2D eigenvalue weighted by Gasteiger charge is 2.35. The van der Waals surface area contributed by atoms with E-state index in [1.807, 2.05) is 42.5 Å². The first-order valence-corrected chi connectivity index (χ1v) is 13.0. The first-order chi connectivity index (χ1) is 18.4. The van der Waals surface area contributed by atoms with Crippen LogP contribution in [0.2, 0.25) is 0 Å². The van der Waals surface area contributed by atoms with Crippen LogP contribution in [0.3, 0.4) is 0 Å². The van der Waals surface area contributed by atoms with Crippen LogP contribution in [0.5, 0.6) is 0 Å². The molecule has 1 aliphatic rings. The van der Waals surface area contributed by atoms with Crippen molar-refractivity contribution < 1.29 is 0 Å². The second-order valence-corrected chi connectivity index (χ2v) is 10.5. The van der Waals surface area contributed by atoms with Gasteiger partial charge in [0.25, 0.3) is 0 Å². The molecule has 2 heteroatoms. The van der Waals surface area contributed by atoms with E-state index in [2.05, 4.69) is 92.7 Å². The van der Waals surface area contributed by atoms with Gasteiger partial charge in [-0.3, -0.25) is 0 Å². The minimum Gasteiger partial charge on any atom is -0.398 e. The van der Waals surface area contributed by atoms with Crippen molar-refractivity contribution in [2.75, 3.05) is 0 Å². The quantitative estimate of drug-likeness (QED) is 0.238. The lowest BCUT2D eigenvalue weighted by atomic mass is 9.82. The van der Waals surface area contributed by atoms with Gasteiger partial charge in [-0.15, -0.1) is 0 Å². The van der Waals surface area contributed by atoms with Gasteiger partial charge >= 0.3 is 0 Å². The molecular weight excluding hydrogens is 460 g/mol. The van der Waals surface area contributed by atoms with E-state index in [0.29, 0.717) is 11.4 Å². The number of benzene rings is 5. The van der Waals surface area contributed by atoms with Crippen LogP contribution in [0.25, 0.3) is 39.1 Å². The minimum absolute atomic E-state index is 0.0218. The Labute approximate surface area is 224 Å². The SMILES string of the molecule is CC1(C)c2ccccc2-c2cc(-c3ccc(-c4cccc(C(=N)/C=C(\N)c5ccccc5)c4)cc3)ccc21. The molecule has 0 unspecified atom stereocenters. The number of nitrogens with one attached hydrogen (secondary N) is 1. The average Bonchev–Trinajstić information content (AvgIpc) is 3.20. The summed E-state index contributed by atoms with van der Waals surface area (Å²) in [6.07, 6.45) is 1.73. The van der Waals surface area contributed by atoms with E-state index in [4.69, 9.17) is 11.1 Å². The zero-order valence-corrected chi connectivity index (χ0v) is 21.7. The summed E-state index contributed by atoms with van der Waals surface area (Å²) in [4.78, 5) is 0. The Balaban J connectivity index is 1.27. The fourth-order valence-corrected chi connectivity index (χ4v) is 5.57. The number of hydrogen-bond acceptors (Lipinski definition) is 2. The molecule has 3 N–H and O–H groups in total. The molecule has 0 aliphatic heterocycles. The van der Waals surface area contributed by atoms with Crippen molar-refractivity contribution in [1.29, 1.82) is 5.41 Å². The molecule has 0 atom stereocenters. The predicted molar refractivity (Wildman–Crippen MR) is 160 cm³/mol. The molecule has 6 rings (SSSR count). The lowest BCUT2D eigenvalue weighted by molar-refractivity contribution is 0.660. The fourth-order valence-electron chi connectivity index (χ4n) is 5.57. The molecule has 0 heterocycles. The Morgan fingerprint density at radius 2 is 1.16 bits per heavy atom. The van der Waals surface area contributed by atoms with Gasteiger partial charge in [0.05, 0.1) is 5.71 Å². The van der Waals surface area contributed by atoms with E-state index >= 15 is 0 Å². The molecule has 0 fully saturated rings. The smallest absolute Gasteiger partial charge is 0.0633 e. The molecule has 184 valence electrons. The van der Waals surface area contributed by atoms with E-state index in [0.717, 1.165) is 22.3 Å². The molecule has 0 saturated heterocycles. The number of allylic oxidation sites excluding steroid dienone is 1. The van der Waals surface area contributed by atoms with E-state index in [-0.39, 0.29) is 5.41 Å². The molecule has 2 nitrogen and oxygen atoms in total. The summed E-state index contributed by atoms with van der Waals surface area (Å²) in [6.45, 7) is 4.62. The molecule has 0 amide bonds. The predicted octanol–water partition coefficient (Wildman–Crippen LogP) is 8.69. The Morgan fingerprint density at radius 1 is 0.579 bits per heavy atom.